The third-order valence-electron chi connectivity index (χ3n) is 2.32. The number of benzene rings is 1. The maximum atomic E-state index is 4.25. The summed E-state index contributed by atoms with van der Waals surface area (Å²) < 4.78 is 1.13. The second-order valence-electron chi connectivity index (χ2n) is 3.41. The summed E-state index contributed by atoms with van der Waals surface area (Å²) in [6, 6.07) is 6.33. The first-order chi connectivity index (χ1) is 6.81. The summed E-state index contributed by atoms with van der Waals surface area (Å²) in [6.45, 7) is 2.19. The molecular weight excluding hydrogens is 238 g/mol. The molecule has 0 fully saturated rings. The molecule has 2 rings (SSSR count). The van der Waals surface area contributed by atoms with Gasteiger partial charge >= 0.3 is 0 Å². The largest absolute Gasteiger partial charge is 0.264 e. The first kappa shape index (κ1) is 9.66. The van der Waals surface area contributed by atoms with Crippen molar-refractivity contribution < 1.29 is 0 Å². The van der Waals surface area contributed by atoms with E-state index < -0.39 is 0 Å². The summed E-state index contributed by atoms with van der Waals surface area (Å²) >= 11 is 3.50. The smallest absolute Gasteiger partial charge is 0.0346 e. The minimum absolute atomic E-state index is 1.10. The van der Waals surface area contributed by atoms with Crippen LogP contribution in [0.2, 0.25) is 0 Å². The van der Waals surface area contributed by atoms with Gasteiger partial charge in [-0.1, -0.05) is 35.3 Å². The van der Waals surface area contributed by atoms with Crippen molar-refractivity contribution in [3.05, 3.63) is 40.6 Å². The van der Waals surface area contributed by atoms with Crippen molar-refractivity contribution in [2.45, 2.75) is 19.8 Å². The zero-order valence-corrected chi connectivity index (χ0v) is 9.71. The summed E-state index contributed by atoms with van der Waals surface area (Å²) in [5, 5.41) is 2.54. The highest BCUT2D eigenvalue weighted by molar-refractivity contribution is 9.10. The second kappa shape index (κ2) is 4.09. The number of hydrogen-bond donors (Lipinski definition) is 0. The highest BCUT2D eigenvalue weighted by atomic mass is 79.9. The fraction of sp³-hybridized carbons (Fsp3) is 0.250. The maximum absolute atomic E-state index is 4.25. The molecule has 1 nitrogen and oxygen atoms in total. The van der Waals surface area contributed by atoms with Gasteiger partial charge in [0.05, 0.1) is 0 Å². The van der Waals surface area contributed by atoms with E-state index in [9.17, 15) is 0 Å². The number of aryl methyl sites for hydroxylation is 1. The minimum Gasteiger partial charge on any atom is -0.264 e. The van der Waals surface area contributed by atoms with E-state index in [1.165, 1.54) is 16.3 Å². The summed E-state index contributed by atoms with van der Waals surface area (Å²) in [5.74, 6) is 0. The molecule has 2 aromatic rings. The molecule has 0 unspecified atom stereocenters. The van der Waals surface area contributed by atoms with Crippen molar-refractivity contribution in [1.29, 1.82) is 0 Å². The molecule has 1 heterocycles. The van der Waals surface area contributed by atoms with Crippen LogP contribution >= 0.6 is 15.9 Å². The molecule has 14 heavy (non-hydrogen) atoms. The molecule has 0 amide bonds. The van der Waals surface area contributed by atoms with Crippen LogP contribution in [0.25, 0.3) is 10.8 Å². The van der Waals surface area contributed by atoms with Crippen molar-refractivity contribution in [2.24, 2.45) is 0 Å². The van der Waals surface area contributed by atoms with Crippen molar-refractivity contribution in [3.8, 4) is 0 Å². The Labute approximate surface area is 92.3 Å². The third kappa shape index (κ3) is 1.80. The van der Waals surface area contributed by atoms with Gasteiger partial charge in [-0.15, -0.1) is 0 Å². The summed E-state index contributed by atoms with van der Waals surface area (Å²) in [4.78, 5) is 4.25. The van der Waals surface area contributed by atoms with Crippen LogP contribution in [0.1, 0.15) is 18.9 Å². The second-order valence-corrected chi connectivity index (χ2v) is 4.33. The van der Waals surface area contributed by atoms with Gasteiger partial charge in [-0.25, -0.2) is 0 Å². The molecular formula is C12H12BrN. The maximum Gasteiger partial charge on any atom is 0.0346 e. The molecule has 0 spiro atoms. The molecule has 0 aliphatic heterocycles. The predicted octanol–water partition coefficient (Wildman–Crippen LogP) is 3.95. The van der Waals surface area contributed by atoms with Crippen molar-refractivity contribution in [2.75, 3.05) is 0 Å². The lowest BCUT2D eigenvalue weighted by atomic mass is 10.0. The number of pyridine rings is 1. The van der Waals surface area contributed by atoms with Crippen molar-refractivity contribution in [3.63, 3.8) is 0 Å². The van der Waals surface area contributed by atoms with E-state index >= 15 is 0 Å². The van der Waals surface area contributed by atoms with Gasteiger partial charge in [0.15, 0.2) is 0 Å². The molecule has 0 atom stereocenters. The van der Waals surface area contributed by atoms with Crippen molar-refractivity contribution in [1.82, 2.24) is 4.98 Å². The van der Waals surface area contributed by atoms with E-state index in [0.717, 1.165) is 17.3 Å². The van der Waals surface area contributed by atoms with Crippen LogP contribution in [-0.4, -0.2) is 4.98 Å². The average molecular weight is 250 g/mol. The highest BCUT2D eigenvalue weighted by Crippen LogP contribution is 2.22. The minimum atomic E-state index is 1.10. The van der Waals surface area contributed by atoms with E-state index in [1.54, 1.807) is 0 Å². The fourth-order valence-corrected chi connectivity index (χ4v) is 2.03. The number of aromatic nitrogens is 1. The zero-order chi connectivity index (χ0) is 9.97. The van der Waals surface area contributed by atoms with Crippen LogP contribution in [0.4, 0.5) is 0 Å². The predicted molar refractivity (Wildman–Crippen MR) is 63.4 cm³/mol. The Morgan fingerprint density at radius 1 is 1.29 bits per heavy atom. The van der Waals surface area contributed by atoms with Gasteiger partial charge in [0.25, 0.3) is 0 Å². The van der Waals surface area contributed by atoms with E-state index in [0.29, 0.717) is 0 Å². The van der Waals surface area contributed by atoms with Gasteiger partial charge in [-0.3, -0.25) is 4.98 Å². The van der Waals surface area contributed by atoms with Crippen molar-refractivity contribution >= 4 is 26.7 Å². The van der Waals surface area contributed by atoms with E-state index in [-0.39, 0.29) is 0 Å². The normalized spacial score (nSPS) is 10.7. The zero-order valence-electron chi connectivity index (χ0n) is 8.13. The lowest BCUT2D eigenvalue weighted by Crippen LogP contribution is -1.87. The number of rotatable bonds is 2. The molecule has 2 heteroatoms. The molecule has 0 aliphatic carbocycles. The fourth-order valence-electron chi connectivity index (χ4n) is 1.66. The molecule has 1 aromatic carbocycles. The Balaban J connectivity index is 2.64. The number of hydrogen-bond acceptors (Lipinski definition) is 1. The lowest BCUT2D eigenvalue weighted by Gasteiger charge is -2.04. The first-order valence-electron chi connectivity index (χ1n) is 4.83. The molecule has 0 bridgehead atoms. The molecule has 0 aliphatic rings. The SMILES string of the molecule is CCCc1cncc2ccc(Br)cc12. The monoisotopic (exact) mass is 249 g/mol. The molecule has 0 N–H and O–H groups in total. The highest BCUT2D eigenvalue weighted by Gasteiger charge is 2.00. The van der Waals surface area contributed by atoms with Gasteiger partial charge < -0.3 is 0 Å². The van der Waals surface area contributed by atoms with Crippen LogP contribution in [0, 0.1) is 0 Å². The van der Waals surface area contributed by atoms with Crippen LogP contribution in [0.3, 0.4) is 0 Å². The van der Waals surface area contributed by atoms with Gasteiger partial charge in [0.2, 0.25) is 0 Å². The Bertz CT molecular complexity index is 451. The van der Waals surface area contributed by atoms with Crippen LogP contribution in [0.15, 0.2) is 35.1 Å². The molecule has 0 saturated heterocycles. The molecule has 0 saturated carbocycles. The Kier molecular flexibility index (Phi) is 2.82. The Morgan fingerprint density at radius 3 is 2.93 bits per heavy atom. The van der Waals surface area contributed by atoms with E-state index in [2.05, 4.69) is 46.0 Å². The first-order valence-corrected chi connectivity index (χ1v) is 5.62. The van der Waals surface area contributed by atoms with Crippen LogP contribution in [-0.2, 0) is 6.42 Å². The number of nitrogens with zero attached hydrogens (tertiary/aromatic N) is 1. The van der Waals surface area contributed by atoms with Crippen LogP contribution in [0.5, 0.6) is 0 Å². The summed E-state index contributed by atoms with van der Waals surface area (Å²) in [5.41, 5.74) is 1.34. The third-order valence-corrected chi connectivity index (χ3v) is 2.82. The average Bonchev–Trinajstić information content (AvgIpc) is 2.19. The molecule has 72 valence electrons. The topological polar surface area (TPSA) is 12.9 Å². The van der Waals surface area contributed by atoms with Gasteiger partial charge in [-0.2, -0.15) is 0 Å². The summed E-state index contributed by atoms with van der Waals surface area (Å²) in [6.07, 6.45) is 6.15. The van der Waals surface area contributed by atoms with Gasteiger partial charge in [0, 0.05) is 22.3 Å². The van der Waals surface area contributed by atoms with Gasteiger partial charge in [0.1, 0.15) is 0 Å². The number of halogens is 1. The number of fused-ring (bicyclic) bond motifs is 1. The van der Waals surface area contributed by atoms with Gasteiger partial charge in [-0.05, 0) is 29.5 Å². The Hall–Kier alpha value is -0.890. The quantitative estimate of drug-likeness (QED) is 0.786. The lowest BCUT2D eigenvalue weighted by molar-refractivity contribution is 0.923. The van der Waals surface area contributed by atoms with E-state index in [4.69, 9.17) is 0 Å². The van der Waals surface area contributed by atoms with Crippen LogP contribution < -0.4 is 0 Å². The molecule has 1 aromatic heterocycles. The van der Waals surface area contributed by atoms with E-state index in [1.807, 2.05) is 12.4 Å². The Morgan fingerprint density at radius 2 is 2.14 bits per heavy atom. The molecule has 0 radical (unpaired) electrons. The summed E-state index contributed by atoms with van der Waals surface area (Å²) in [7, 11) is 0. The standard InChI is InChI=1S/C12H12BrN/c1-2-3-9-7-14-8-10-4-5-11(13)6-12(9)10/h4-8H,2-3H2,1H3.